The molecule has 1 saturated heterocycles. The second-order valence-electron chi connectivity index (χ2n) is 6.60. The molecule has 122 valence electrons. The highest BCUT2D eigenvalue weighted by atomic mass is 16.5. The van der Waals surface area contributed by atoms with Gasteiger partial charge in [-0.3, -0.25) is 9.69 Å². The van der Waals surface area contributed by atoms with Crippen LogP contribution in [0.2, 0.25) is 0 Å². The number of hydrogen-bond acceptors (Lipinski definition) is 3. The Bertz CT molecular complexity index is 528. The SMILES string of the molecule is CO[C@@H]1CN(C(C)C)C[C@H]1NC(=O)Cc1cc(C)ccc1C. The van der Waals surface area contributed by atoms with Crippen LogP contribution in [-0.2, 0) is 16.0 Å². The molecular formula is C18H28N2O2. The van der Waals surface area contributed by atoms with Crippen LogP contribution in [0.3, 0.4) is 0 Å². The van der Waals surface area contributed by atoms with Crippen LogP contribution in [0.4, 0.5) is 0 Å². The molecule has 0 aromatic heterocycles. The van der Waals surface area contributed by atoms with E-state index in [0.717, 1.165) is 18.7 Å². The first-order chi connectivity index (χ1) is 10.4. The molecule has 0 radical (unpaired) electrons. The normalized spacial score (nSPS) is 22.3. The lowest BCUT2D eigenvalue weighted by Gasteiger charge is -2.20. The number of carbonyl (C=O) groups excluding carboxylic acids is 1. The van der Waals surface area contributed by atoms with Crippen LogP contribution in [-0.4, -0.2) is 49.2 Å². The number of hydrogen-bond donors (Lipinski definition) is 1. The van der Waals surface area contributed by atoms with E-state index in [2.05, 4.69) is 56.1 Å². The summed E-state index contributed by atoms with van der Waals surface area (Å²) in [6, 6.07) is 6.79. The molecule has 1 aromatic rings. The van der Waals surface area contributed by atoms with Crippen molar-refractivity contribution < 1.29 is 9.53 Å². The predicted octanol–water partition coefficient (Wildman–Crippen LogP) is 2.07. The topological polar surface area (TPSA) is 41.6 Å². The fraction of sp³-hybridized carbons (Fsp3) is 0.611. The van der Waals surface area contributed by atoms with Gasteiger partial charge in [0, 0.05) is 26.2 Å². The molecule has 1 aliphatic heterocycles. The Labute approximate surface area is 133 Å². The quantitative estimate of drug-likeness (QED) is 0.905. The molecule has 22 heavy (non-hydrogen) atoms. The van der Waals surface area contributed by atoms with E-state index in [4.69, 9.17) is 4.74 Å². The van der Waals surface area contributed by atoms with Crippen LogP contribution in [0.25, 0.3) is 0 Å². The summed E-state index contributed by atoms with van der Waals surface area (Å²) in [5.41, 5.74) is 3.46. The summed E-state index contributed by atoms with van der Waals surface area (Å²) >= 11 is 0. The smallest absolute Gasteiger partial charge is 0.224 e. The Morgan fingerprint density at radius 1 is 1.36 bits per heavy atom. The van der Waals surface area contributed by atoms with Gasteiger partial charge in [-0.25, -0.2) is 0 Å². The number of carbonyl (C=O) groups is 1. The van der Waals surface area contributed by atoms with Crippen molar-refractivity contribution >= 4 is 5.91 Å². The summed E-state index contributed by atoms with van der Waals surface area (Å²) in [5, 5.41) is 3.15. The third kappa shape index (κ3) is 4.08. The number of rotatable bonds is 5. The van der Waals surface area contributed by atoms with Crippen molar-refractivity contribution in [1.82, 2.24) is 10.2 Å². The van der Waals surface area contributed by atoms with E-state index in [1.165, 1.54) is 11.1 Å². The molecule has 0 spiro atoms. The average Bonchev–Trinajstić information content (AvgIpc) is 2.86. The third-order valence-corrected chi connectivity index (χ3v) is 4.53. The Balaban J connectivity index is 1.98. The number of likely N-dealkylation sites (tertiary alicyclic amines) is 1. The molecule has 1 heterocycles. The van der Waals surface area contributed by atoms with Gasteiger partial charge in [-0.15, -0.1) is 0 Å². The number of aryl methyl sites for hydroxylation is 2. The standard InChI is InChI=1S/C18H28N2O2/c1-12(2)20-10-16(17(11-20)22-5)19-18(21)9-15-8-13(3)6-7-14(15)4/h6-8,12,16-17H,9-11H2,1-5H3,(H,19,21)/t16-,17-/m1/s1. The number of ether oxygens (including phenoxy) is 1. The summed E-state index contributed by atoms with van der Waals surface area (Å²) in [6.07, 6.45) is 0.507. The van der Waals surface area contributed by atoms with E-state index in [1.54, 1.807) is 7.11 Å². The summed E-state index contributed by atoms with van der Waals surface area (Å²) in [5.74, 6) is 0.0753. The molecule has 1 aromatic carbocycles. The minimum Gasteiger partial charge on any atom is -0.378 e. The molecule has 2 atom stereocenters. The number of benzene rings is 1. The lowest BCUT2D eigenvalue weighted by Crippen LogP contribution is -2.44. The zero-order chi connectivity index (χ0) is 16.3. The first kappa shape index (κ1) is 17.0. The molecule has 4 heteroatoms. The Kier molecular flexibility index (Phi) is 5.59. The van der Waals surface area contributed by atoms with Gasteiger partial charge in [-0.1, -0.05) is 23.8 Å². The maximum absolute atomic E-state index is 12.4. The van der Waals surface area contributed by atoms with Crippen molar-refractivity contribution in [2.75, 3.05) is 20.2 Å². The number of nitrogens with zero attached hydrogens (tertiary/aromatic N) is 1. The zero-order valence-corrected chi connectivity index (χ0v) is 14.3. The lowest BCUT2D eigenvalue weighted by molar-refractivity contribution is -0.121. The van der Waals surface area contributed by atoms with Gasteiger partial charge in [-0.2, -0.15) is 0 Å². The minimum atomic E-state index is 0.0740. The van der Waals surface area contributed by atoms with Crippen LogP contribution in [0.1, 0.15) is 30.5 Å². The molecule has 0 aliphatic carbocycles. The van der Waals surface area contributed by atoms with Gasteiger partial charge in [0.1, 0.15) is 0 Å². The highest BCUT2D eigenvalue weighted by Gasteiger charge is 2.34. The molecule has 4 nitrogen and oxygen atoms in total. The highest BCUT2D eigenvalue weighted by Crippen LogP contribution is 2.17. The first-order valence-corrected chi connectivity index (χ1v) is 8.03. The Hall–Kier alpha value is -1.39. The van der Waals surface area contributed by atoms with E-state index in [9.17, 15) is 4.79 Å². The number of methoxy groups -OCH3 is 1. The van der Waals surface area contributed by atoms with Gasteiger partial charge < -0.3 is 10.1 Å². The molecule has 1 fully saturated rings. The molecular weight excluding hydrogens is 276 g/mol. The Morgan fingerprint density at radius 3 is 2.73 bits per heavy atom. The van der Waals surface area contributed by atoms with Crippen molar-refractivity contribution in [2.24, 2.45) is 0 Å². The van der Waals surface area contributed by atoms with E-state index in [1.807, 2.05) is 0 Å². The van der Waals surface area contributed by atoms with Crippen LogP contribution in [0.5, 0.6) is 0 Å². The zero-order valence-electron chi connectivity index (χ0n) is 14.3. The van der Waals surface area contributed by atoms with Crippen molar-refractivity contribution in [1.29, 1.82) is 0 Å². The highest BCUT2D eigenvalue weighted by molar-refractivity contribution is 5.79. The molecule has 1 amide bonds. The van der Waals surface area contributed by atoms with E-state index >= 15 is 0 Å². The van der Waals surface area contributed by atoms with Gasteiger partial charge in [-0.05, 0) is 38.8 Å². The second-order valence-corrected chi connectivity index (χ2v) is 6.60. The van der Waals surface area contributed by atoms with Crippen molar-refractivity contribution in [2.45, 2.75) is 52.3 Å². The van der Waals surface area contributed by atoms with E-state index < -0.39 is 0 Å². The van der Waals surface area contributed by atoms with Gasteiger partial charge >= 0.3 is 0 Å². The average molecular weight is 304 g/mol. The maximum Gasteiger partial charge on any atom is 0.224 e. The largest absolute Gasteiger partial charge is 0.378 e. The molecule has 1 N–H and O–H groups in total. The monoisotopic (exact) mass is 304 g/mol. The fourth-order valence-electron chi connectivity index (χ4n) is 3.02. The number of nitrogens with one attached hydrogen (secondary N) is 1. The van der Waals surface area contributed by atoms with Gasteiger partial charge in [0.15, 0.2) is 0 Å². The Morgan fingerprint density at radius 2 is 2.09 bits per heavy atom. The predicted molar refractivity (Wildman–Crippen MR) is 89.1 cm³/mol. The van der Waals surface area contributed by atoms with E-state index in [0.29, 0.717) is 12.5 Å². The minimum absolute atomic E-state index is 0.0740. The molecule has 0 saturated carbocycles. The van der Waals surface area contributed by atoms with Crippen molar-refractivity contribution in [3.05, 3.63) is 34.9 Å². The fourth-order valence-corrected chi connectivity index (χ4v) is 3.02. The molecule has 0 bridgehead atoms. The van der Waals surface area contributed by atoms with Gasteiger partial charge in [0.2, 0.25) is 5.91 Å². The van der Waals surface area contributed by atoms with Crippen molar-refractivity contribution in [3.63, 3.8) is 0 Å². The van der Waals surface area contributed by atoms with Gasteiger partial charge in [0.25, 0.3) is 0 Å². The molecule has 0 unspecified atom stereocenters. The molecule has 2 rings (SSSR count). The maximum atomic E-state index is 12.4. The lowest BCUT2D eigenvalue weighted by atomic mass is 10.0. The van der Waals surface area contributed by atoms with Crippen LogP contribution in [0, 0.1) is 13.8 Å². The van der Waals surface area contributed by atoms with E-state index in [-0.39, 0.29) is 18.1 Å². The second kappa shape index (κ2) is 7.25. The van der Waals surface area contributed by atoms with Crippen molar-refractivity contribution in [3.8, 4) is 0 Å². The van der Waals surface area contributed by atoms with Crippen LogP contribution >= 0.6 is 0 Å². The molecule has 1 aliphatic rings. The third-order valence-electron chi connectivity index (χ3n) is 4.53. The van der Waals surface area contributed by atoms with Crippen LogP contribution in [0.15, 0.2) is 18.2 Å². The first-order valence-electron chi connectivity index (χ1n) is 8.03. The summed E-state index contributed by atoms with van der Waals surface area (Å²) in [6.45, 7) is 10.2. The van der Waals surface area contributed by atoms with Gasteiger partial charge in [0.05, 0.1) is 18.6 Å². The van der Waals surface area contributed by atoms with Crippen LogP contribution < -0.4 is 5.32 Å². The number of amides is 1. The summed E-state index contributed by atoms with van der Waals surface area (Å²) in [7, 11) is 1.72. The summed E-state index contributed by atoms with van der Waals surface area (Å²) < 4.78 is 5.54. The summed E-state index contributed by atoms with van der Waals surface area (Å²) in [4.78, 5) is 14.7.